The molecule has 2 N–H and O–H groups in total. The first-order valence-corrected chi connectivity index (χ1v) is 9.20. The van der Waals surface area contributed by atoms with E-state index in [4.69, 9.17) is 4.74 Å². The van der Waals surface area contributed by atoms with Gasteiger partial charge in [-0.2, -0.15) is 0 Å². The first kappa shape index (κ1) is 18.0. The van der Waals surface area contributed by atoms with Crippen molar-refractivity contribution in [2.24, 2.45) is 0 Å². The Balaban J connectivity index is 1.58. The predicted molar refractivity (Wildman–Crippen MR) is 103 cm³/mol. The van der Waals surface area contributed by atoms with Crippen LogP contribution in [-0.2, 0) is 4.79 Å². The number of carbonyl (C=O) groups is 2. The van der Waals surface area contributed by atoms with Gasteiger partial charge in [-0.25, -0.2) is 4.98 Å². The Morgan fingerprint density at radius 3 is 2.65 bits per heavy atom. The topological polar surface area (TPSA) is 84.1 Å². The molecular weight excluding hydrogens is 350 g/mol. The lowest BCUT2D eigenvalue weighted by Gasteiger charge is -2.04. The maximum Gasteiger partial charge on any atom is 0.234 e. The maximum atomic E-state index is 12.1. The highest BCUT2D eigenvalue weighted by atomic mass is 32.2. The smallest absolute Gasteiger partial charge is 0.234 e. The minimum Gasteiger partial charge on any atom is -0.494 e. The Labute approximate surface area is 155 Å². The zero-order valence-corrected chi connectivity index (χ0v) is 15.4. The van der Waals surface area contributed by atoms with E-state index in [1.54, 1.807) is 24.3 Å². The van der Waals surface area contributed by atoms with Gasteiger partial charge in [0.1, 0.15) is 5.75 Å². The standard InChI is InChI=1S/C19H19N3O3S/c1-3-25-15-8-9-16-17(10-15)22-19(21-16)26-11-18(24)20-14-6-4-13(5-7-14)12(2)23/h4-10H,3,11H2,1-2H3,(H,20,24)(H,21,22). The van der Waals surface area contributed by atoms with Crippen molar-refractivity contribution in [2.75, 3.05) is 17.7 Å². The Hall–Kier alpha value is -2.80. The van der Waals surface area contributed by atoms with E-state index in [0.717, 1.165) is 16.8 Å². The minimum atomic E-state index is -0.138. The van der Waals surface area contributed by atoms with E-state index < -0.39 is 0 Å². The summed E-state index contributed by atoms with van der Waals surface area (Å²) >= 11 is 1.33. The molecule has 3 aromatic rings. The number of amides is 1. The first-order chi connectivity index (χ1) is 12.5. The summed E-state index contributed by atoms with van der Waals surface area (Å²) in [7, 11) is 0. The van der Waals surface area contributed by atoms with E-state index in [2.05, 4.69) is 15.3 Å². The molecule has 1 aromatic heterocycles. The lowest BCUT2D eigenvalue weighted by molar-refractivity contribution is -0.113. The fourth-order valence-corrected chi connectivity index (χ4v) is 3.09. The number of Topliss-reactive ketones (excluding diaryl/α,β-unsaturated/α-hetero) is 1. The van der Waals surface area contributed by atoms with E-state index in [-0.39, 0.29) is 17.4 Å². The number of thioether (sulfide) groups is 1. The number of imidazole rings is 1. The number of aromatic amines is 1. The van der Waals surface area contributed by atoms with Crippen LogP contribution in [0.4, 0.5) is 5.69 Å². The normalized spacial score (nSPS) is 10.7. The summed E-state index contributed by atoms with van der Waals surface area (Å²) in [5.41, 5.74) is 2.98. The number of fused-ring (bicyclic) bond motifs is 1. The van der Waals surface area contributed by atoms with Gasteiger partial charge in [0, 0.05) is 17.3 Å². The molecule has 0 saturated carbocycles. The van der Waals surface area contributed by atoms with Crippen molar-refractivity contribution >= 4 is 40.2 Å². The van der Waals surface area contributed by atoms with Gasteiger partial charge in [0.2, 0.25) is 5.91 Å². The molecule has 0 aliphatic rings. The second kappa shape index (κ2) is 8.05. The van der Waals surface area contributed by atoms with Crippen molar-refractivity contribution in [1.82, 2.24) is 9.97 Å². The van der Waals surface area contributed by atoms with Crippen LogP contribution in [0.25, 0.3) is 11.0 Å². The van der Waals surface area contributed by atoms with E-state index >= 15 is 0 Å². The lowest BCUT2D eigenvalue weighted by atomic mass is 10.1. The fraction of sp³-hybridized carbons (Fsp3) is 0.211. The van der Waals surface area contributed by atoms with Gasteiger partial charge in [-0.1, -0.05) is 11.8 Å². The van der Waals surface area contributed by atoms with E-state index in [9.17, 15) is 9.59 Å². The van der Waals surface area contributed by atoms with Gasteiger partial charge in [0.15, 0.2) is 10.9 Å². The van der Waals surface area contributed by atoms with Gasteiger partial charge in [-0.3, -0.25) is 9.59 Å². The number of nitrogens with one attached hydrogen (secondary N) is 2. The van der Waals surface area contributed by atoms with Crippen LogP contribution in [0.3, 0.4) is 0 Å². The predicted octanol–water partition coefficient (Wildman–Crippen LogP) is 3.90. The molecule has 0 aliphatic heterocycles. The summed E-state index contributed by atoms with van der Waals surface area (Å²) in [5, 5.41) is 3.48. The number of H-pyrrole nitrogens is 1. The number of carbonyl (C=O) groups excluding carboxylic acids is 2. The van der Waals surface area contributed by atoms with Crippen LogP contribution in [0.15, 0.2) is 47.6 Å². The number of anilines is 1. The van der Waals surface area contributed by atoms with E-state index in [1.807, 2.05) is 25.1 Å². The summed E-state index contributed by atoms with van der Waals surface area (Å²) < 4.78 is 5.47. The van der Waals surface area contributed by atoms with E-state index in [0.29, 0.717) is 23.0 Å². The number of hydrogen-bond donors (Lipinski definition) is 2. The molecule has 1 amide bonds. The van der Waals surface area contributed by atoms with Crippen molar-refractivity contribution in [3.8, 4) is 5.75 Å². The number of ketones is 1. The number of benzene rings is 2. The second-order valence-electron chi connectivity index (χ2n) is 5.62. The molecule has 6 nitrogen and oxygen atoms in total. The molecule has 0 aliphatic carbocycles. The number of rotatable bonds is 7. The minimum absolute atomic E-state index is 0.00388. The van der Waals surface area contributed by atoms with Gasteiger partial charge in [-0.15, -0.1) is 0 Å². The van der Waals surface area contributed by atoms with Gasteiger partial charge >= 0.3 is 0 Å². The monoisotopic (exact) mass is 369 g/mol. The van der Waals surface area contributed by atoms with Crippen molar-refractivity contribution in [2.45, 2.75) is 19.0 Å². The maximum absolute atomic E-state index is 12.1. The molecule has 7 heteroatoms. The molecule has 0 radical (unpaired) electrons. The zero-order chi connectivity index (χ0) is 18.5. The molecule has 0 unspecified atom stereocenters. The third-order valence-electron chi connectivity index (χ3n) is 3.66. The Bertz CT molecular complexity index is 935. The fourth-order valence-electron chi connectivity index (χ4n) is 2.41. The molecule has 134 valence electrons. The number of hydrogen-bond acceptors (Lipinski definition) is 5. The summed E-state index contributed by atoms with van der Waals surface area (Å²) in [5.74, 6) is 0.871. The van der Waals surface area contributed by atoms with E-state index in [1.165, 1.54) is 18.7 Å². The molecule has 3 rings (SSSR count). The van der Waals surface area contributed by atoms with Gasteiger partial charge < -0.3 is 15.0 Å². The SMILES string of the molecule is CCOc1ccc2nc(SCC(=O)Nc3ccc(C(C)=O)cc3)[nH]c2c1. The molecule has 0 spiro atoms. The first-order valence-electron chi connectivity index (χ1n) is 8.21. The molecule has 2 aromatic carbocycles. The summed E-state index contributed by atoms with van der Waals surface area (Å²) in [6, 6.07) is 12.5. The van der Waals surface area contributed by atoms with Crippen LogP contribution in [0, 0.1) is 0 Å². The van der Waals surface area contributed by atoms with Crippen LogP contribution < -0.4 is 10.1 Å². The van der Waals surface area contributed by atoms with Crippen LogP contribution in [0.2, 0.25) is 0 Å². The average molecular weight is 369 g/mol. The van der Waals surface area contributed by atoms with Crippen LogP contribution in [-0.4, -0.2) is 34.0 Å². The highest BCUT2D eigenvalue weighted by molar-refractivity contribution is 7.99. The molecule has 0 bridgehead atoms. The summed E-state index contributed by atoms with van der Waals surface area (Å²) in [6.45, 7) is 4.05. The van der Waals surface area contributed by atoms with Crippen LogP contribution in [0.5, 0.6) is 5.75 Å². The van der Waals surface area contributed by atoms with Gasteiger partial charge in [0.05, 0.1) is 23.4 Å². The Kier molecular flexibility index (Phi) is 5.58. The quantitative estimate of drug-likeness (QED) is 0.487. The summed E-state index contributed by atoms with van der Waals surface area (Å²) in [6.07, 6.45) is 0. The van der Waals surface area contributed by atoms with Gasteiger partial charge in [0.25, 0.3) is 0 Å². The Morgan fingerprint density at radius 2 is 1.96 bits per heavy atom. The van der Waals surface area contributed by atoms with Crippen molar-refractivity contribution in [3.05, 3.63) is 48.0 Å². The third kappa shape index (κ3) is 4.43. The number of nitrogens with zero attached hydrogens (tertiary/aromatic N) is 1. The Morgan fingerprint density at radius 1 is 1.19 bits per heavy atom. The highest BCUT2D eigenvalue weighted by Gasteiger charge is 2.09. The molecule has 1 heterocycles. The third-order valence-corrected chi connectivity index (χ3v) is 4.53. The lowest BCUT2D eigenvalue weighted by Crippen LogP contribution is -2.14. The highest BCUT2D eigenvalue weighted by Crippen LogP contribution is 2.23. The zero-order valence-electron chi connectivity index (χ0n) is 14.5. The van der Waals surface area contributed by atoms with Crippen molar-refractivity contribution < 1.29 is 14.3 Å². The molecule has 0 atom stereocenters. The van der Waals surface area contributed by atoms with Crippen LogP contribution in [0.1, 0.15) is 24.2 Å². The molecule has 26 heavy (non-hydrogen) atoms. The van der Waals surface area contributed by atoms with Gasteiger partial charge in [-0.05, 0) is 50.2 Å². The molecule has 0 fully saturated rings. The largest absolute Gasteiger partial charge is 0.494 e. The summed E-state index contributed by atoms with van der Waals surface area (Å²) in [4.78, 5) is 31.0. The number of aromatic nitrogens is 2. The number of ether oxygens (including phenoxy) is 1. The van der Waals surface area contributed by atoms with Crippen LogP contribution >= 0.6 is 11.8 Å². The van der Waals surface area contributed by atoms with Crippen molar-refractivity contribution in [3.63, 3.8) is 0 Å². The molecular formula is C19H19N3O3S. The molecule has 0 saturated heterocycles. The van der Waals surface area contributed by atoms with Crippen molar-refractivity contribution in [1.29, 1.82) is 0 Å². The average Bonchev–Trinajstić information content (AvgIpc) is 3.03. The second-order valence-corrected chi connectivity index (χ2v) is 6.59.